The third-order valence-electron chi connectivity index (χ3n) is 8.53. The van der Waals surface area contributed by atoms with E-state index in [4.69, 9.17) is 25.5 Å². The van der Waals surface area contributed by atoms with Gasteiger partial charge in [-0.05, 0) is 79.9 Å². The Labute approximate surface area is 274 Å². The lowest BCUT2D eigenvalue weighted by Crippen LogP contribution is -2.54. The van der Waals surface area contributed by atoms with Crippen molar-refractivity contribution in [2.24, 2.45) is 0 Å². The van der Waals surface area contributed by atoms with Gasteiger partial charge in [-0.25, -0.2) is 17.7 Å². The average Bonchev–Trinajstić information content (AvgIpc) is 3.80. The predicted octanol–water partition coefficient (Wildman–Crippen LogP) is 6.05. The number of oxazole rings is 1. The molecule has 1 saturated heterocycles. The Morgan fingerprint density at radius 3 is 2.57 bits per heavy atom. The highest BCUT2D eigenvalue weighted by molar-refractivity contribution is 7.93. The summed E-state index contributed by atoms with van der Waals surface area (Å²) in [6, 6.07) is 16.4. The summed E-state index contributed by atoms with van der Waals surface area (Å²) in [5.74, 6) is 0.748. The second-order valence-electron chi connectivity index (χ2n) is 11.6. The second-order valence-corrected chi connectivity index (χ2v) is 13.9. The van der Waals surface area contributed by atoms with E-state index in [0.29, 0.717) is 59.7 Å². The lowest BCUT2D eigenvalue weighted by molar-refractivity contribution is -0.127. The van der Waals surface area contributed by atoms with Gasteiger partial charge in [0.15, 0.2) is 5.54 Å². The number of halogens is 1. The maximum absolute atomic E-state index is 15.5. The number of ether oxygens (including phenoxy) is 2. The highest BCUT2D eigenvalue weighted by Gasteiger charge is 2.62. The highest BCUT2D eigenvalue weighted by Crippen LogP contribution is 2.57. The number of methoxy groups -OCH3 is 1. The van der Waals surface area contributed by atoms with E-state index in [-0.39, 0.29) is 16.6 Å². The Morgan fingerprint density at radius 1 is 1.11 bits per heavy atom. The molecule has 1 fully saturated rings. The van der Waals surface area contributed by atoms with Crippen LogP contribution in [0.1, 0.15) is 62.2 Å². The molecule has 1 N–H and O–H groups in total. The molecule has 3 heterocycles. The summed E-state index contributed by atoms with van der Waals surface area (Å²) >= 11 is 6.67. The van der Waals surface area contributed by atoms with Gasteiger partial charge in [-0.3, -0.25) is 9.69 Å². The Morgan fingerprint density at radius 2 is 1.89 bits per heavy atom. The number of rotatable bonds is 11. The molecule has 6 rings (SSSR count). The van der Waals surface area contributed by atoms with Gasteiger partial charge in [0.25, 0.3) is 15.9 Å². The molecule has 0 bridgehead atoms. The van der Waals surface area contributed by atoms with Gasteiger partial charge in [0.1, 0.15) is 17.8 Å². The molecule has 12 heteroatoms. The maximum atomic E-state index is 15.5. The molecule has 0 spiro atoms. The summed E-state index contributed by atoms with van der Waals surface area (Å²) in [6.07, 6.45) is 4.45. The minimum absolute atomic E-state index is 0.0519. The average molecular weight is 665 g/mol. The lowest BCUT2D eigenvalue weighted by Gasteiger charge is -2.41. The van der Waals surface area contributed by atoms with E-state index in [1.54, 1.807) is 36.5 Å². The van der Waals surface area contributed by atoms with E-state index in [9.17, 15) is 8.42 Å². The number of aromatic nitrogens is 1. The summed E-state index contributed by atoms with van der Waals surface area (Å²) in [5, 5.41) is 3.81. The van der Waals surface area contributed by atoms with Gasteiger partial charge < -0.3 is 19.2 Å². The summed E-state index contributed by atoms with van der Waals surface area (Å²) in [7, 11) is -2.91. The molecule has 2 aliphatic heterocycles. The number of nitrogens with one attached hydrogen (secondary N) is 1. The van der Waals surface area contributed by atoms with Crippen LogP contribution >= 0.6 is 11.6 Å². The molecule has 2 atom stereocenters. The van der Waals surface area contributed by atoms with E-state index in [2.05, 4.69) is 24.1 Å². The quantitative estimate of drug-likeness (QED) is 0.205. The minimum Gasteiger partial charge on any atom is -0.497 e. The Balaban J connectivity index is 1.66. The number of nitrogens with zero attached hydrogens (tertiary/aromatic N) is 3. The second kappa shape index (κ2) is 12.7. The Kier molecular flexibility index (Phi) is 8.86. The first-order chi connectivity index (χ1) is 22.1. The predicted molar refractivity (Wildman–Crippen MR) is 175 cm³/mol. The number of anilines is 1. The number of carbonyl (C=O) groups is 1. The van der Waals surface area contributed by atoms with E-state index in [1.807, 2.05) is 30.0 Å². The van der Waals surface area contributed by atoms with Gasteiger partial charge >= 0.3 is 0 Å². The zero-order valence-corrected chi connectivity index (χ0v) is 27.8. The van der Waals surface area contributed by atoms with E-state index in [1.165, 1.54) is 25.5 Å². The van der Waals surface area contributed by atoms with Crippen LogP contribution in [0.2, 0.25) is 5.02 Å². The fourth-order valence-electron chi connectivity index (χ4n) is 6.53. The molecule has 0 saturated carbocycles. The molecule has 46 heavy (non-hydrogen) atoms. The number of benzene rings is 3. The molecule has 0 aliphatic carbocycles. The number of fused-ring (bicyclic) bond motifs is 1. The van der Waals surface area contributed by atoms with Gasteiger partial charge in [0.2, 0.25) is 5.89 Å². The van der Waals surface area contributed by atoms with E-state index < -0.39 is 27.5 Å². The highest BCUT2D eigenvalue weighted by atomic mass is 35.5. The molecular formula is C34H37ClN4O6S. The number of likely N-dealkylation sites (tertiary alicyclic amines) is 1. The van der Waals surface area contributed by atoms with Crippen LogP contribution in [-0.4, -0.2) is 50.5 Å². The molecule has 2 aliphatic rings. The molecule has 1 amide bonds. The first-order valence-electron chi connectivity index (χ1n) is 15.3. The molecule has 242 valence electrons. The fraction of sp³-hybridized carbons (Fsp3) is 0.353. The zero-order chi connectivity index (χ0) is 32.6. The summed E-state index contributed by atoms with van der Waals surface area (Å²) in [6.45, 7) is 7.31. The molecule has 2 unspecified atom stereocenters. The van der Waals surface area contributed by atoms with Gasteiger partial charge in [0, 0.05) is 35.3 Å². The van der Waals surface area contributed by atoms with Crippen LogP contribution < -0.4 is 19.1 Å². The van der Waals surface area contributed by atoms with Crippen LogP contribution in [0, 0.1) is 0 Å². The van der Waals surface area contributed by atoms with Crippen LogP contribution in [0.5, 0.6) is 11.5 Å². The van der Waals surface area contributed by atoms with Crippen LogP contribution in [0.3, 0.4) is 0 Å². The number of amides is 1. The monoisotopic (exact) mass is 664 g/mol. The lowest BCUT2D eigenvalue weighted by atomic mass is 9.80. The standard InChI is InChI=1S/C34H37ClN4O6S/c1-5-44-31-15-8-23(21-37-22(2)3)19-28(31)34(38-17-6-7-30(38)32-36-16-18-45-32)27-20-24(35)9-14-29(27)39(33(34)40)46(41,42)26-12-10-25(43-4)11-13-26/h8-16,18-20,22,30,37H,5-7,17,21H2,1-4H3. The zero-order valence-electron chi connectivity index (χ0n) is 26.2. The first-order valence-corrected chi connectivity index (χ1v) is 17.1. The van der Waals surface area contributed by atoms with Gasteiger partial charge in [0.05, 0.1) is 36.5 Å². The summed E-state index contributed by atoms with van der Waals surface area (Å²) in [4.78, 5) is 21.9. The van der Waals surface area contributed by atoms with Crippen molar-refractivity contribution in [2.45, 2.75) is 62.7 Å². The van der Waals surface area contributed by atoms with Crippen molar-refractivity contribution in [3.8, 4) is 11.5 Å². The SMILES string of the molecule is CCOc1ccc(CNC(C)C)cc1C1(N2CCCC2c2ncco2)C(=O)N(S(=O)(=O)c2ccc(OC)cc2)c2ccc(Cl)cc21. The van der Waals surface area contributed by atoms with Crippen molar-refractivity contribution < 1.29 is 27.1 Å². The van der Waals surface area contributed by atoms with Crippen LogP contribution in [0.25, 0.3) is 0 Å². The summed E-state index contributed by atoms with van der Waals surface area (Å²) < 4.78 is 47.3. The number of sulfonamides is 1. The minimum atomic E-state index is -4.41. The van der Waals surface area contributed by atoms with Crippen molar-refractivity contribution in [1.82, 2.24) is 15.2 Å². The van der Waals surface area contributed by atoms with Gasteiger partial charge in [-0.1, -0.05) is 31.5 Å². The van der Waals surface area contributed by atoms with Crippen molar-refractivity contribution >= 4 is 33.2 Å². The Bertz CT molecular complexity index is 1830. The molecule has 10 nitrogen and oxygen atoms in total. The Hall–Kier alpha value is -3.90. The van der Waals surface area contributed by atoms with Crippen molar-refractivity contribution in [3.05, 3.63) is 101 Å². The van der Waals surface area contributed by atoms with Crippen molar-refractivity contribution in [2.75, 3.05) is 24.6 Å². The molecule has 3 aromatic carbocycles. The number of hydrogen-bond donors (Lipinski definition) is 1. The van der Waals surface area contributed by atoms with Crippen LogP contribution in [-0.2, 0) is 26.9 Å². The third-order valence-corrected chi connectivity index (χ3v) is 10.5. The largest absolute Gasteiger partial charge is 0.497 e. The maximum Gasteiger partial charge on any atom is 0.271 e. The topological polar surface area (TPSA) is 114 Å². The third kappa shape index (κ3) is 5.34. The molecule has 0 radical (unpaired) electrons. The van der Waals surface area contributed by atoms with Crippen LogP contribution in [0.4, 0.5) is 5.69 Å². The normalized spacial score (nSPS) is 20.0. The van der Waals surface area contributed by atoms with E-state index >= 15 is 4.79 Å². The molecule has 4 aromatic rings. The number of hydrogen-bond acceptors (Lipinski definition) is 9. The smallest absolute Gasteiger partial charge is 0.271 e. The first kappa shape index (κ1) is 32.1. The van der Waals surface area contributed by atoms with Crippen molar-refractivity contribution in [3.63, 3.8) is 0 Å². The molecular weight excluding hydrogens is 628 g/mol. The summed E-state index contributed by atoms with van der Waals surface area (Å²) in [5.41, 5.74) is 0.434. The van der Waals surface area contributed by atoms with Crippen molar-refractivity contribution in [1.29, 1.82) is 0 Å². The van der Waals surface area contributed by atoms with Gasteiger partial charge in [-0.15, -0.1) is 0 Å². The van der Waals surface area contributed by atoms with Gasteiger partial charge in [-0.2, -0.15) is 0 Å². The molecule has 1 aromatic heterocycles. The number of carbonyl (C=O) groups excluding carboxylic acids is 1. The van der Waals surface area contributed by atoms with Crippen LogP contribution in [0.15, 0.2) is 82.4 Å². The fourth-order valence-corrected chi connectivity index (χ4v) is 8.16. The van der Waals surface area contributed by atoms with E-state index in [0.717, 1.165) is 16.3 Å².